The van der Waals surface area contributed by atoms with Gasteiger partial charge in [0, 0.05) is 55.7 Å². The van der Waals surface area contributed by atoms with Crippen LogP contribution in [0.4, 0.5) is 0 Å². The summed E-state index contributed by atoms with van der Waals surface area (Å²) in [5, 5.41) is 51.5. The van der Waals surface area contributed by atoms with Crippen LogP contribution in [-0.2, 0) is 46.7 Å². The molecule has 3 aromatic rings. The molecule has 0 bridgehead atoms. The number of Topliss-reactive ketones (excluding diaryl/α,β-unsaturated/α-hetero) is 1. The first-order chi connectivity index (χ1) is 31.4. The molecule has 364 valence electrons. The van der Waals surface area contributed by atoms with Crippen LogP contribution in [0.2, 0.25) is 0 Å². The van der Waals surface area contributed by atoms with E-state index < -0.39 is 87.8 Å². The maximum absolute atomic E-state index is 14.5. The van der Waals surface area contributed by atoms with Crippen LogP contribution in [0.25, 0.3) is 10.9 Å². The molecular weight excluding hydrogens is 871 g/mol. The number of amides is 4. The van der Waals surface area contributed by atoms with Crippen molar-refractivity contribution in [3.05, 3.63) is 71.9 Å². The number of hydrogen-bond acceptors (Lipinski definition) is 13. The van der Waals surface area contributed by atoms with Crippen molar-refractivity contribution < 1.29 is 42.6 Å². The number of aromatic amines is 1. The first kappa shape index (κ1) is 53.2. The molecule has 4 unspecified atom stereocenters. The van der Waals surface area contributed by atoms with E-state index in [4.69, 9.17) is 16.9 Å². The van der Waals surface area contributed by atoms with Crippen molar-refractivity contribution in [2.45, 2.75) is 120 Å². The molecule has 20 nitrogen and oxygen atoms in total. The molecule has 0 aliphatic carbocycles. The highest BCUT2D eigenvalue weighted by molar-refractivity contribution is 7.90. The number of primary amides is 1. The Morgan fingerprint density at radius 3 is 2.20 bits per heavy atom. The Kier molecular flexibility index (Phi) is 21.5. The standard InChI is InChI=1S/C45H69N11O9S/c1-28-17-18-31(57)19-23-49-21-9-8-15-34(39(46)58)52-44(63)38(26-30-27-51-33-14-7-6-13-32(30)33)56-41(60)35(16-10-22-50-45(47)48)54-43(62)37(25-29-11-4-3-5-12-29)55-42(61)36(53-40(28)59)20-24-66(2,64)65/h3-7,11-14,27-28,34-38,40,44,49,51-53,59,63H,8-10,15-26H2,1-2H3,(H2,46,58)(H,54,62)(H,55,61)(H,56,60)(H4,47,48,50)/t28-,34?,35-,36?,37+,38-,40?,44?/m0/s1. The molecule has 4 amide bonds. The molecular formula is C45H69N11O9S. The lowest BCUT2D eigenvalue weighted by Crippen LogP contribution is -2.61. The summed E-state index contributed by atoms with van der Waals surface area (Å²) in [4.78, 5) is 71.8. The summed E-state index contributed by atoms with van der Waals surface area (Å²) >= 11 is 0. The molecule has 1 saturated heterocycles. The number of benzene rings is 2. The second-order valence-electron chi connectivity index (χ2n) is 17.2. The van der Waals surface area contributed by atoms with Gasteiger partial charge >= 0.3 is 0 Å². The Bertz CT molecular complexity index is 2170. The van der Waals surface area contributed by atoms with Crippen molar-refractivity contribution in [3.63, 3.8) is 0 Å². The number of aliphatic hydroxyl groups is 2. The Morgan fingerprint density at radius 1 is 0.803 bits per heavy atom. The van der Waals surface area contributed by atoms with Crippen molar-refractivity contribution in [1.29, 1.82) is 5.41 Å². The van der Waals surface area contributed by atoms with Gasteiger partial charge in [-0.2, -0.15) is 0 Å². The van der Waals surface area contributed by atoms with Gasteiger partial charge in [0.05, 0.1) is 23.9 Å². The third-order valence-corrected chi connectivity index (χ3v) is 12.6. The lowest BCUT2D eigenvalue weighted by atomic mass is 9.99. The molecule has 0 radical (unpaired) electrons. The lowest BCUT2D eigenvalue weighted by Gasteiger charge is -2.31. The molecule has 66 heavy (non-hydrogen) atoms. The fourth-order valence-corrected chi connectivity index (χ4v) is 8.37. The predicted molar refractivity (Wildman–Crippen MR) is 251 cm³/mol. The maximum Gasteiger partial charge on any atom is 0.243 e. The van der Waals surface area contributed by atoms with Gasteiger partial charge in [-0.1, -0.05) is 61.9 Å². The second-order valence-corrected chi connectivity index (χ2v) is 19.4. The van der Waals surface area contributed by atoms with E-state index >= 15 is 0 Å². The van der Waals surface area contributed by atoms with E-state index in [1.165, 1.54) is 0 Å². The van der Waals surface area contributed by atoms with E-state index in [0.29, 0.717) is 31.5 Å². The molecule has 1 aliphatic heterocycles. The number of guanidine groups is 1. The predicted octanol–water partition coefficient (Wildman–Crippen LogP) is -0.707. The summed E-state index contributed by atoms with van der Waals surface area (Å²) in [6, 6.07) is 10.3. The number of nitrogens with one attached hydrogen (secondary N) is 9. The monoisotopic (exact) mass is 940 g/mol. The first-order valence-electron chi connectivity index (χ1n) is 22.6. The molecule has 0 saturated carbocycles. The van der Waals surface area contributed by atoms with Gasteiger partial charge in [0.25, 0.3) is 0 Å². The lowest BCUT2D eigenvalue weighted by molar-refractivity contribution is -0.133. The summed E-state index contributed by atoms with van der Waals surface area (Å²) in [6.45, 7) is 2.81. The number of H-pyrrole nitrogens is 1. The van der Waals surface area contributed by atoms with Crippen molar-refractivity contribution in [3.8, 4) is 0 Å². The van der Waals surface area contributed by atoms with E-state index in [2.05, 4.69) is 42.2 Å². The van der Waals surface area contributed by atoms with Crippen LogP contribution in [0.5, 0.6) is 0 Å². The smallest absolute Gasteiger partial charge is 0.243 e. The van der Waals surface area contributed by atoms with E-state index in [-0.39, 0.29) is 76.1 Å². The molecule has 0 spiro atoms. The van der Waals surface area contributed by atoms with Crippen LogP contribution in [0.1, 0.15) is 75.8 Å². The third-order valence-electron chi connectivity index (χ3n) is 11.6. The minimum Gasteiger partial charge on any atom is -0.378 e. The Morgan fingerprint density at radius 2 is 1.48 bits per heavy atom. The van der Waals surface area contributed by atoms with Gasteiger partial charge < -0.3 is 53.2 Å². The first-order valence-corrected chi connectivity index (χ1v) is 24.6. The van der Waals surface area contributed by atoms with Crippen molar-refractivity contribution >= 4 is 56.1 Å². The zero-order valence-electron chi connectivity index (χ0n) is 37.8. The molecule has 2 aromatic carbocycles. The van der Waals surface area contributed by atoms with E-state index in [0.717, 1.165) is 22.7 Å². The highest BCUT2D eigenvalue weighted by Crippen LogP contribution is 2.21. The van der Waals surface area contributed by atoms with Crippen LogP contribution in [0.15, 0.2) is 60.8 Å². The minimum atomic E-state index is -3.58. The quantitative estimate of drug-likeness (QED) is 0.0607. The number of sulfone groups is 1. The molecule has 1 fully saturated rings. The van der Waals surface area contributed by atoms with Gasteiger partial charge in [0.1, 0.15) is 40.2 Å². The van der Waals surface area contributed by atoms with Gasteiger partial charge in [-0.05, 0) is 74.6 Å². The topological polar surface area (TPSA) is 336 Å². The van der Waals surface area contributed by atoms with Gasteiger partial charge in [-0.25, -0.2) is 8.42 Å². The molecule has 4 rings (SSSR count). The normalized spacial score (nSPS) is 25.6. The number of hydrogen-bond donors (Lipinski definition) is 13. The zero-order chi connectivity index (χ0) is 48.2. The van der Waals surface area contributed by atoms with Crippen LogP contribution in [-0.4, -0.2) is 133 Å². The van der Waals surface area contributed by atoms with Crippen molar-refractivity contribution in [2.75, 3.05) is 31.6 Å². The maximum atomic E-state index is 14.5. The number of aliphatic hydroxyl groups excluding tert-OH is 2. The molecule has 1 aromatic heterocycles. The van der Waals surface area contributed by atoms with E-state index in [1.54, 1.807) is 43.5 Å². The molecule has 21 heteroatoms. The number of aromatic nitrogens is 1. The highest BCUT2D eigenvalue weighted by Gasteiger charge is 2.34. The van der Waals surface area contributed by atoms with Crippen LogP contribution >= 0.6 is 0 Å². The summed E-state index contributed by atoms with van der Waals surface area (Å²) in [5.41, 5.74) is 13.5. The summed E-state index contributed by atoms with van der Waals surface area (Å²) < 4.78 is 24.6. The fraction of sp³-hybridized carbons (Fsp3) is 0.556. The summed E-state index contributed by atoms with van der Waals surface area (Å²) in [5.74, 6) is -4.25. The SMILES string of the molecule is C[C@H]1CCC(=O)CCNCCCCC(C(N)=O)NC(O)[C@H](Cc2c[nH]c3ccccc23)NC(=O)[C@H](CCCNC(=N)N)NC(=O)[C@@H](Cc2ccccc2)NC(=O)C(CCS(C)(=O)=O)NC1O. The average molecular weight is 940 g/mol. The number of rotatable bonds is 12. The third kappa shape index (κ3) is 18.4. The number of fused-ring (bicyclic) bond motifs is 1. The summed E-state index contributed by atoms with van der Waals surface area (Å²) in [6.07, 6.45) is 2.03. The van der Waals surface area contributed by atoms with Gasteiger partial charge in [-0.15, -0.1) is 0 Å². The van der Waals surface area contributed by atoms with Crippen LogP contribution in [0, 0.1) is 11.3 Å². The number of nitrogens with two attached hydrogens (primary N) is 2. The Labute approximate surface area is 386 Å². The Balaban J connectivity index is 1.72. The van der Waals surface area contributed by atoms with Gasteiger partial charge in [0.2, 0.25) is 23.6 Å². The van der Waals surface area contributed by atoms with Crippen LogP contribution < -0.4 is 48.7 Å². The minimum absolute atomic E-state index is 0.0102. The van der Waals surface area contributed by atoms with E-state index in [9.17, 15) is 42.6 Å². The zero-order valence-corrected chi connectivity index (χ0v) is 38.6. The van der Waals surface area contributed by atoms with Crippen molar-refractivity contribution in [2.24, 2.45) is 17.4 Å². The fourth-order valence-electron chi connectivity index (χ4n) is 7.71. The van der Waals surface area contributed by atoms with Gasteiger partial charge in [0.15, 0.2) is 5.96 Å². The van der Waals surface area contributed by atoms with Crippen molar-refractivity contribution in [1.82, 2.24) is 42.2 Å². The molecule has 1 aliphatic rings. The van der Waals surface area contributed by atoms with Crippen LogP contribution in [0.3, 0.4) is 0 Å². The second kappa shape index (κ2) is 26.6. The molecule has 2 heterocycles. The molecule has 15 N–H and O–H groups in total. The number of para-hydroxylation sites is 1. The Hall–Kier alpha value is -5.45. The average Bonchev–Trinajstić information content (AvgIpc) is 3.68. The number of carbonyl (C=O) groups is 5. The number of ketones is 1. The number of carbonyl (C=O) groups excluding carboxylic acids is 5. The molecule has 8 atom stereocenters. The van der Waals surface area contributed by atoms with E-state index in [1.807, 2.05) is 24.3 Å². The highest BCUT2D eigenvalue weighted by atomic mass is 32.2. The van der Waals surface area contributed by atoms with Gasteiger partial charge in [-0.3, -0.25) is 40.0 Å². The largest absolute Gasteiger partial charge is 0.378 e. The summed E-state index contributed by atoms with van der Waals surface area (Å²) in [7, 11) is -3.58.